The third-order valence-corrected chi connectivity index (χ3v) is 8.86. The zero-order valence-electron chi connectivity index (χ0n) is 22.4. The second-order valence-corrected chi connectivity index (χ2v) is 11.5. The number of carbonyl (C=O) groups excluding carboxylic acids is 1. The Morgan fingerprint density at radius 1 is 1.14 bits per heavy atom. The summed E-state index contributed by atoms with van der Waals surface area (Å²) in [5, 5.41) is 3.32. The van der Waals surface area contributed by atoms with Gasteiger partial charge in [0, 0.05) is 37.5 Å². The van der Waals surface area contributed by atoms with Gasteiger partial charge in [-0.25, -0.2) is 5.43 Å². The number of nitrogens with zero attached hydrogens (tertiary/aromatic N) is 1. The van der Waals surface area contributed by atoms with Crippen LogP contribution in [0, 0.1) is 25.7 Å². The summed E-state index contributed by atoms with van der Waals surface area (Å²) in [6.07, 6.45) is 2.04. The molecule has 2 aliphatic heterocycles. The minimum Gasteiger partial charge on any atom is -0.378 e. The van der Waals surface area contributed by atoms with Gasteiger partial charge in [-0.3, -0.25) is 10.2 Å². The Bertz CT molecular complexity index is 1090. The average Bonchev–Trinajstić information content (AvgIpc) is 3.43. The van der Waals surface area contributed by atoms with Gasteiger partial charge in [0.25, 0.3) is 0 Å². The number of hydrogen-bond acceptors (Lipinski definition) is 5. The largest absolute Gasteiger partial charge is 0.378 e. The average molecular weight is 491 g/mol. The van der Waals surface area contributed by atoms with E-state index >= 15 is 0 Å². The summed E-state index contributed by atoms with van der Waals surface area (Å²) in [6, 6.07) is 15.7. The number of carbonyl (C=O) groups is 1. The van der Waals surface area contributed by atoms with Crippen LogP contribution in [0.25, 0.3) is 0 Å². The molecule has 3 aliphatic rings. The highest BCUT2D eigenvalue weighted by atomic mass is 16.5. The first-order chi connectivity index (χ1) is 17.3. The van der Waals surface area contributed by atoms with Crippen molar-refractivity contribution in [3.63, 3.8) is 0 Å². The van der Waals surface area contributed by atoms with E-state index in [2.05, 4.69) is 77.4 Å². The van der Waals surface area contributed by atoms with Gasteiger partial charge in [-0.1, -0.05) is 61.9 Å². The monoisotopic (exact) mass is 490 g/mol. The van der Waals surface area contributed by atoms with Crippen LogP contribution < -0.4 is 16.2 Å². The molecule has 0 radical (unpaired) electrons. The highest BCUT2D eigenvalue weighted by Crippen LogP contribution is 2.52. The Kier molecular flexibility index (Phi) is 7.23. The number of ether oxygens (including phenoxy) is 1. The summed E-state index contributed by atoms with van der Waals surface area (Å²) >= 11 is 0. The van der Waals surface area contributed by atoms with Crippen molar-refractivity contribution in [2.45, 2.75) is 64.1 Å². The number of benzene rings is 2. The molecule has 2 aromatic rings. The summed E-state index contributed by atoms with van der Waals surface area (Å²) in [4.78, 5) is 15.3. The zero-order chi connectivity index (χ0) is 25.4. The Morgan fingerprint density at radius 3 is 2.61 bits per heavy atom. The quantitative estimate of drug-likeness (QED) is 0.572. The minimum absolute atomic E-state index is 0.0442. The van der Waals surface area contributed by atoms with E-state index in [1.165, 1.54) is 27.8 Å². The van der Waals surface area contributed by atoms with Crippen LogP contribution in [-0.4, -0.2) is 50.2 Å². The molecule has 6 nitrogen and oxygen atoms in total. The predicted molar refractivity (Wildman–Crippen MR) is 144 cm³/mol. The first-order valence-corrected chi connectivity index (χ1v) is 13.5. The van der Waals surface area contributed by atoms with Crippen LogP contribution in [0.3, 0.4) is 0 Å². The predicted octanol–water partition coefficient (Wildman–Crippen LogP) is 3.94. The summed E-state index contributed by atoms with van der Waals surface area (Å²) in [7, 11) is 1.81. The Morgan fingerprint density at radius 2 is 1.89 bits per heavy atom. The van der Waals surface area contributed by atoms with Gasteiger partial charge >= 0.3 is 0 Å². The van der Waals surface area contributed by atoms with Gasteiger partial charge in [0.1, 0.15) is 0 Å². The van der Waals surface area contributed by atoms with E-state index in [1.807, 2.05) is 21.0 Å². The maximum atomic E-state index is 12.7. The van der Waals surface area contributed by atoms with Gasteiger partial charge in [-0.15, -0.1) is 0 Å². The second kappa shape index (κ2) is 10.3. The van der Waals surface area contributed by atoms with Crippen molar-refractivity contribution >= 4 is 5.91 Å². The van der Waals surface area contributed by atoms with Crippen LogP contribution in [0.15, 0.2) is 42.5 Å². The maximum Gasteiger partial charge on any atom is 0.223 e. The van der Waals surface area contributed by atoms with Crippen LogP contribution in [-0.2, 0) is 14.9 Å². The molecule has 1 spiro atoms. The van der Waals surface area contributed by atoms with Crippen molar-refractivity contribution in [2.24, 2.45) is 11.8 Å². The van der Waals surface area contributed by atoms with Gasteiger partial charge in [0.15, 0.2) is 0 Å². The fraction of sp³-hybridized carbons (Fsp3) is 0.567. The van der Waals surface area contributed by atoms with Gasteiger partial charge < -0.3 is 15.0 Å². The molecular formula is C30H42N4O2. The minimum atomic E-state index is -0.0930. The number of methoxy groups -OCH3 is 1. The van der Waals surface area contributed by atoms with Crippen molar-refractivity contribution in [1.29, 1.82) is 0 Å². The molecule has 4 atom stereocenters. The molecule has 2 heterocycles. The van der Waals surface area contributed by atoms with Crippen molar-refractivity contribution in [1.82, 2.24) is 21.1 Å². The molecule has 1 aliphatic carbocycles. The van der Waals surface area contributed by atoms with Gasteiger partial charge in [0.2, 0.25) is 5.91 Å². The Hall–Kier alpha value is -2.25. The van der Waals surface area contributed by atoms with E-state index in [0.717, 1.165) is 39.0 Å². The van der Waals surface area contributed by atoms with Crippen LogP contribution >= 0.6 is 0 Å². The fourth-order valence-corrected chi connectivity index (χ4v) is 6.84. The number of fused-ring (bicyclic) bond motifs is 2. The lowest BCUT2D eigenvalue weighted by Gasteiger charge is -2.45. The lowest BCUT2D eigenvalue weighted by molar-refractivity contribution is -0.126. The second-order valence-electron chi connectivity index (χ2n) is 11.5. The van der Waals surface area contributed by atoms with E-state index in [0.29, 0.717) is 12.0 Å². The Labute approximate surface area is 216 Å². The van der Waals surface area contributed by atoms with Crippen LogP contribution in [0.2, 0.25) is 0 Å². The third kappa shape index (κ3) is 4.49. The van der Waals surface area contributed by atoms with E-state index in [4.69, 9.17) is 4.74 Å². The molecule has 2 saturated heterocycles. The summed E-state index contributed by atoms with van der Waals surface area (Å²) in [5.41, 5.74) is 13.6. The summed E-state index contributed by atoms with van der Waals surface area (Å²) in [5.74, 6) is 0.559. The summed E-state index contributed by atoms with van der Waals surface area (Å²) in [6.45, 7) is 12.4. The standard InChI is InChI=1S/C30H42N4O2/c1-19(2)29(35)32-27-23-8-6-7-9-25(23)30(28(27)36-5)12-14-34(15-13-30)18-22-17-31-33-26(22)24-16-20(3)10-11-21(24)4/h6-11,16,19,22,26-28,31,33H,12-15,17-18H2,1-5H3,(H,32,35)/t22?,26?,27-,28+/m0/s1. The molecule has 6 heteroatoms. The lowest BCUT2D eigenvalue weighted by Crippen LogP contribution is -2.51. The number of hydrazine groups is 1. The van der Waals surface area contributed by atoms with E-state index in [-0.39, 0.29) is 29.4 Å². The molecule has 2 fully saturated rings. The highest BCUT2D eigenvalue weighted by molar-refractivity contribution is 5.78. The molecule has 5 rings (SSSR count). The van der Waals surface area contributed by atoms with Gasteiger partial charge in [-0.05, 0) is 62.0 Å². The van der Waals surface area contributed by atoms with Crippen molar-refractivity contribution < 1.29 is 9.53 Å². The van der Waals surface area contributed by atoms with Crippen LogP contribution in [0.1, 0.15) is 66.6 Å². The number of piperidine rings is 1. The zero-order valence-corrected chi connectivity index (χ0v) is 22.4. The number of hydrogen-bond donors (Lipinski definition) is 3. The van der Waals surface area contributed by atoms with Crippen molar-refractivity contribution in [3.8, 4) is 0 Å². The molecule has 1 amide bonds. The normalized spacial score (nSPS) is 27.5. The molecule has 0 aromatic heterocycles. The number of rotatable bonds is 6. The maximum absolute atomic E-state index is 12.7. The highest BCUT2D eigenvalue weighted by Gasteiger charge is 2.54. The molecule has 2 aromatic carbocycles. The molecule has 0 saturated carbocycles. The molecule has 0 bridgehead atoms. The third-order valence-electron chi connectivity index (χ3n) is 8.86. The molecule has 2 unspecified atom stereocenters. The summed E-state index contributed by atoms with van der Waals surface area (Å²) < 4.78 is 6.19. The Balaban J connectivity index is 1.32. The van der Waals surface area contributed by atoms with Crippen LogP contribution in [0.5, 0.6) is 0 Å². The number of amides is 1. The lowest BCUT2D eigenvalue weighted by atomic mass is 9.71. The number of nitrogens with one attached hydrogen (secondary N) is 3. The smallest absolute Gasteiger partial charge is 0.223 e. The fourth-order valence-electron chi connectivity index (χ4n) is 6.84. The SMILES string of the molecule is CO[C@@H]1[C@@H](NC(=O)C(C)C)c2ccccc2C12CCN(CC1CNNC1c1cc(C)ccc1C)CC2. The van der Waals surface area contributed by atoms with E-state index < -0.39 is 0 Å². The molecular weight excluding hydrogens is 448 g/mol. The first-order valence-electron chi connectivity index (χ1n) is 13.5. The van der Waals surface area contributed by atoms with E-state index in [9.17, 15) is 4.79 Å². The molecule has 194 valence electrons. The molecule has 36 heavy (non-hydrogen) atoms. The van der Waals surface area contributed by atoms with E-state index in [1.54, 1.807) is 0 Å². The van der Waals surface area contributed by atoms with Crippen LogP contribution in [0.4, 0.5) is 0 Å². The topological polar surface area (TPSA) is 65.6 Å². The van der Waals surface area contributed by atoms with Crippen molar-refractivity contribution in [2.75, 3.05) is 33.3 Å². The van der Waals surface area contributed by atoms with Gasteiger partial charge in [-0.2, -0.15) is 0 Å². The van der Waals surface area contributed by atoms with Crippen molar-refractivity contribution in [3.05, 3.63) is 70.3 Å². The molecule has 3 N–H and O–H groups in total. The first kappa shape index (κ1) is 25.4. The number of aryl methyl sites for hydroxylation is 2. The number of likely N-dealkylation sites (tertiary alicyclic amines) is 1. The van der Waals surface area contributed by atoms with Gasteiger partial charge in [0.05, 0.1) is 18.2 Å².